The standard InChI is InChI=1S/C5H12F2O2Si/c1-8-10(3,9-2)5(7)4-6/h5H,4H2,1-3H3. The molecule has 0 rings (SSSR count). The van der Waals surface area contributed by atoms with Gasteiger partial charge in [-0.2, -0.15) is 0 Å². The van der Waals surface area contributed by atoms with E-state index in [0.29, 0.717) is 0 Å². The van der Waals surface area contributed by atoms with Gasteiger partial charge >= 0.3 is 8.56 Å². The largest absolute Gasteiger partial charge is 0.396 e. The molecule has 1 unspecified atom stereocenters. The molecule has 0 aliphatic rings. The van der Waals surface area contributed by atoms with Crippen molar-refractivity contribution in [3.8, 4) is 0 Å². The van der Waals surface area contributed by atoms with Gasteiger partial charge in [-0.3, -0.25) is 0 Å². The van der Waals surface area contributed by atoms with Gasteiger partial charge in [-0.1, -0.05) is 0 Å². The van der Waals surface area contributed by atoms with Gasteiger partial charge in [0.1, 0.15) is 6.67 Å². The van der Waals surface area contributed by atoms with E-state index in [1.165, 1.54) is 20.8 Å². The molecule has 0 aromatic rings. The minimum atomic E-state index is -2.84. The number of alkyl halides is 2. The van der Waals surface area contributed by atoms with Crippen LogP contribution in [0.4, 0.5) is 8.78 Å². The minimum Gasteiger partial charge on any atom is -0.396 e. The molecule has 0 saturated carbocycles. The van der Waals surface area contributed by atoms with Gasteiger partial charge in [0.05, 0.1) is 0 Å². The predicted molar refractivity (Wildman–Crippen MR) is 36.5 cm³/mol. The van der Waals surface area contributed by atoms with Gasteiger partial charge in [-0.25, -0.2) is 8.78 Å². The molecule has 62 valence electrons. The summed E-state index contributed by atoms with van der Waals surface area (Å²) < 4.78 is 33.9. The summed E-state index contributed by atoms with van der Waals surface area (Å²) >= 11 is 0. The van der Waals surface area contributed by atoms with Gasteiger partial charge in [0, 0.05) is 14.2 Å². The Kier molecular flexibility index (Phi) is 4.00. The molecule has 0 amide bonds. The first-order valence-electron chi connectivity index (χ1n) is 2.91. The average Bonchev–Trinajstić information content (AvgIpc) is 2.01. The fraction of sp³-hybridized carbons (Fsp3) is 1.00. The van der Waals surface area contributed by atoms with Crippen molar-refractivity contribution in [1.82, 2.24) is 0 Å². The molecule has 0 N–H and O–H groups in total. The normalized spacial score (nSPS) is 15.3. The third-order valence-electron chi connectivity index (χ3n) is 1.52. The van der Waals surface area contributed by atoms with Gasteiger partial charge in [-0.15, -0.1) is 0 Å². The molecule has 0 bridgehead atoms. The Balaban J connectivity index is 4.02. The zero-order chi connectivity index (χ0) is 8.20. The summed E-state index contributed by atoms with van der Waals surface area (Å²) in [5, 5.41) is 0. The van der Waals surface area contributed by atoms with E-state index >= 15 is 0 Å². The fourth-order valence-corrected chi connectivity index (χ4v) is 1.44. The zero-order valence-corrected chi connectivity index (χ0v) is 7.36. The SMILES string of the molecule is CO[Si](C)(OC)C(F)CF. The molecular formula is C5H12F2O2Si. The molecule has 0 radical (unpaired) electrons. The summed E-state index contributed by atoms with van der Waals surface area (Å²) in [4.78, 5) is 0. The van der Waals surface area contributed by atoms with Crippen molar-refractivity contribution < 1.29 is 17.6 Å². The maximum Gasteiger partial charge on any atom is 0.372 e. The first kappa shape index (κ1) is 10.00. The van der Waals surface area contributed by atoms with Crippen molar-refractivity contribution in [3.05, 3.63) is 0 Å². The lowest BCUT2D eigenvalue weighted by Gasteiger charge is -2.24. The van der Waals surface area contributed by atoms with E-state index in [9.17, 15) is 8.78 Å². The molecule has 5 heteroatoms. The smallest absolute Gasteiger partial charge is 0.372 e. The number of hydrogen-bond acceptors (Lipinski definition) is 2. The second-order valence-electron chi connectivity index (χ2n) is 2.05. The lowest BCUT2D eigenvalue weighted by molar-refractivity contribution is 0.185. The van der Waals surface area contributed by atoms with Crippen LogP contribution in [-0.2, 0) is 8.85 Å². The highest BCUT2D eigenvalue weighted by Crippen LogP contribution is 2.13. The van der Waals surface area contributed by atoms with Crippen LogP contribution in [0.2, 0.25) is 6.55 Å². The van der Waals surface area contributed by atoms with Crippen molar-refractivity contribution in [3.63, 3.8) is 0 Å². The van der Waals surface area contributed by atoms with Crippen LogP contribution in [0.1, 0.15) is 0 Å². The Hall–Kier alpha value is -0.00312. The van der Waals surface area contributed by atoms with E-state index in [4.69, 9.17) is 8.85 Å². The first-order chi connectivity index (χ1) is 4.60. The van der Waals surface area contributed by atoms with Crippen molar-refractivity contribution in [1.29, 1.82) is 0 Å². The van der Waals surface area contributed by atoms with E-state index in [1.807, 2.05) is 0 Å². The molecule has 2 nitrogen and oxygen atoms in total. The first-order valence-corrected chi connectivity index (χ1v) is 5.30. The predicted octanol–water partition coefficient (Wildman–Crippen LogP) is 1.20. The van der Waals surface area contributed by atoms with Crippen LogP contribution in [-0.4, -0.2) is 35.3 Å². The van der Waals surface area contributed by atoms with Gasteiger partial charge in [-0.05, 0) is 6.55 Å². The Morgan fingerprint density at radius 2 is 1.80 bits per heavy atom. The van der Waals surface area contributed by atoms with Crippen LogP contribution >= 0.6 is 0 Å². The Morgan fingerprint density at radius 1 is 1.40 bits per heavy atom. The summed E-state index contributed by atoms with van der Waals surface area (Å²) in [5.74, 6) is -1.59. The zero-order valence-electron chi connectivity index (χ0n) is 6.36. The van der Waals surface area contributed by atoms with Crippen LogP contribution in [0.25, 0.3) is 0 Å². The molecule has 1 atom stereocenters. The molecule has 10 heavy (non-hydrogen) atoms. The molecule has 0 heterocycles. The highest BCUT2D eigenvalue weighted by molar-refractivity contribution is 6.67. The second kappa shape index (κ2) is 4.00. The van der Waals surface area contributed by atoms with Crippen molar-refractivity contribution in [2.45, 2.75) is 12.3 Å². The molecule has 0 aliphatic carbocycles. The highest BCUT2D eigenvalue weighted by Gasteiger charge is 2.40. The Morgan fingerprint density at radius 3 is 1.90 bits per heavy atom. The molecular weight excluding hydrogens is 158 g/mol. The van der Waals surface area contributed by atoms with Crippen LogP contribution in [0.3, 0.4) is 0 Å². The summed E-state index contributed by atoms with van der Waals surface area (Å²) in [6, 6.07) is 0. The monoisotopic (exact) mass is 170 g/mol. The fourth-order valence-electron chi connectivity index (χ4n) is 0.479. The molecule has 0 aliphatic heterocycles. The molecule has 0 spiro atoms. The number of hydrogen-bond donors (Lipinski definition) is 0. The van der Waals surface area contributed by atoms with Gasteiger partial charge < -0.3 is 8.85 Å². The minimum absolute atomic E-state index is 1.04. The lowest BCUT2D eigenvalue weighted by Crippen LogP contribution is -2.48. The van der Waals surface area contributed by atoms with E-state index < -0.39 is 21.0 Å². The van der Waals surface area contributed by atoms with Crippen LogP contribution in [0.15, 0.2) is 0 Å². The summed E-state index contributed by atoms with van der Waals surface area (Å²) in [7, 11) is -0.180. The maximum absolute atomic E-state index is 12.6. The number of halogens is 2. The summed E-state index contributed by atoms with van der Waals surface area (Å²) in [6.07, 6.45) is 0. The van der Waals surface area contributed by atoms with Crippen molar-refractivity contribution in [2.75, 3.05) is 20.9 Å². The lowest BCUT2D eigenvalue weighted by atomic mass is 10.9. The second-order valence-corrected chi connectivity index (χ2v) is 5.52. The summed E-state index contributed by atoms with van der Waals surface area (Å²) in [5.41, 5.74) is 0. The topological polar surface area (TPSA) is 18.5 Å². The quantitative estimate of drug-likeness (QED) is 0.590. The Bertz CT molecular complexity index is 97.6. The van der Waals surface area contributed by atoms with Crippen molar-refractivity contribution in [2.24, 2.45) is 0 Å². The Labute approximate surface area is 60.4 Å². The van der Waals surface area contributed by atoms with Gasteiger partial charge in [0.2, 0.25) is 0 Å². The van der Waals surface area contributed by atoms with Gasteiger partial charge in [0.25, 0.3) is 0 Å². The average molecular weight is 170 g/mol. The van der Waals surface area contributed by atoms with Gasteiger partial charge in [0.15, 0.2) is 5.79 Å². The van der Waals surface area contributed by atoms with E-state index in [0.717, 1.165) is 0 Å². The van der Waals surface area contributed by atoms with E-state index in [1.54, 1.807) is 0 Å². The molecule has 0 aromatic heterocycles. The van der Waals surface area contributed by atoms with Crippen molar-refractivity contribution >= 4 is 8.56 Å². The van der Waals surface area contributed by atoms with E-state index in [2.05, 4.69) is 0 Å². The molecule has 0 saturated heterocycles. The van der Waals surface area contributed by atoms with Crippen LogP contribution < -0.4 is 0 Å². The molecule has 0 aromatic carbocycles. The maximum atomic E-state index is 12.6. The third-order valence-corrected chi connectivity index (χ3v) is 4.43. The number of rotatable bonds is 4. The third kappa shape index (κ3) is 2.00. The summed E-state index contributed by atoms with van der Waals surface area (Å²) in [6.45, 7) is 0.446. The van der Waals surface area contributed by atoms with Crippen LogP contribution in [0, 0.1) is 0 Å². The molecule has 0 fully saturated rings. The highest BCUT2D eigenvalue weighted by atomic mass is 28.4. The van der Waals surface area contributed by atoms with E-state index in [-0.39, 0.29) is 0 Å². The van der Waals surface area contributed by atoms with Crippen LogP contribution in [0.5, 0.6) is 0 Å².